The van der Waals surface area contributed by atoms with E-state index in [0.29, 0.717) is 23.5 Å². The van der Waals surface area contributed by atoms with Crippen molar-refractivity contribution in [3.8, 4) is 22.9 Å². The Kier molecular flexibility index (Phi) is 7.23. The Balaban J connectivity index is 1.62. The van der Waals surface area contributed by atoms with Crippen LogP contribution in [0.15, 0.2) is 77.3 Å². The average molecular weight is 497 g/mol. The summed E-state index contributed by atoms with van der Waals surface area (Å²) in [5.41, 5.74) is 0.695. The SMILES string of the molecule is COc1cc(OC)cc(-c2noc(C(Cc3ccccc3)NC(=O)c3ccc(C(F)(F)F)cc3)n2)c1. The molecule has 4 aromatic rings. The van der Waals surface area contributed by atoms with E-state index in [9.17, 15) is 18.0 Å². The van der Waals surface area contributed by atoms with Crippen molar-refractivity contribution in [3.63, 3.8) is 0 Å². The molecule has 10 heteroatoms. The molecule has 0 saturated heterocycles. The Bertz CT molecular complexity index is 1300. The maximum atomic E-state index is 12.9. The highest BCUT2D eigenvalue weighted by Crippen LogP contribution is 2.30. The number of carbonyl (C=O) groups excluding carboxylic acids is 1. The number of rotatable bonds is 8. The van der Waals surface area contributed by atoms with Gasteiger partial charge >= 0.3 is 6.18 Å². The van der Waals surface area contributed by atoms with Crippen molar-refractivity contribution in [1.29, 1.82) is 0 Å². The number of nitrogens with one attached hydrogen (secondary N) is 1. The molecular formula is C26H22F3N3O4. The lowest BCUT2D eigenvalue weighted by Gasteiger charge is -2.16. The quantitative estimate of drug-likeness (QED) is 0.347. The normalized spacial score (nSPS) is 12.1. The second-order valence-corrected chi connectivity index (χ2v) is 7.85. The molecule has 186 valence electrons. The topological polar surface area (TPSA) is 86.5 Å². The van der Waals surface area contributed by atoms with E-state index in [2.05, 4.69) is 15.5 Å². The van der Waals surface area contributed by atoms with E-state index in [1.54, 1.807) is 18.2 Å². The van der Waals surface area contributed by atoms with Gasteiger partial charge in [-0.25, -0.2) is 0 Å². The molecule has 4 rings (SSSR count). The summed E-state index contributed by atoms with van der Waals surface area (Å²) in [4.78, 5) is 17.4. The molecule has 0 aliphatic heterocycles. The number of carbonyl (C=O) groups is 1. The minimum absolute atomic E-state index is 0.0679. The molecule has 1 amide bonds. The monoisotopic (exact) mass is 497 g/mol. The van der Waals surface area contributed by atoms with Crippen molar-refractivity contribution in [1.82, 2.24) is 15.5 Å². The van der Waals surface area contributed by atoms with E-state index in [1.165, 1.54) is 14.2 Å². The van der Waals surface area contributed by atoms with Gasteiger partial charge in [-0.2, -0.15) is 18.2 Å². The number of alkyl halides is 3. The molecular weight excluding hydrogens is 475 g/mol. The lowest BCUT2D eigenvalue weighted by molar-refractivity contribution is -0.137. The van der Waals surface area contributed by atoms with Crippen LogP contribution in [0.2, 0.25) is 0 Å². The van der Waals surface area contributed by atoms with Crippen LogP contribution in [-0.2, 0) is 12.6 Å². The van der Waals surface area contributed by atoms with Crippen LogP contribution in [0, 0.1) is 0 Å². The Labute approximate surface area is 204 Å². The van der Waals surface area contributed by atoms with Gasteiger partial charge in [0.1, 0.15) is 17.5 Å². The van der Waals surface area contributed by atoms with Gasteiger partial charge in [-0.3, -0.25) is 4.79 Å². The molecule has 0 saturated carbocycles. The van der Waals surface area contributed by atoms with Gasteiger partial charge in [0.15, 0.2) is 0 Å². The van der Waals surface area contributed by atoms with E-state index in [-0.39, 0.29) is 17.3 Å². The van der Waals surface area contributed by atoms with Crippen LogP contribution in [-0.4, -0.2) is 30.3 Å². The Morgan fingerprint density at radius 3 is 2.19 bits per heavy atom. The minimum Gasteiger partial charge on any atom is -0.497 e. The van der Waals surface area contributed by atoms with E-state index in [1.807, 2.05) is 30.3 Å². The number of benzene rings is 3. The first-order valence-electron chi connectivity index (χ1n) is 10.9. The predicted molar refractivity (Wildman–Crippen MR) is 125 cm³/mol. The van der Waals surface area contributed by atoms with Crippen molar-refractivity contribution < 1.29 is 32.0 Å². The van der Waals surface area contributed by atoms with Gasteiger partial charge in [-0.15, -0.1) is 0 Å². The highest BCUT2D eigenvalue weighted by molar-refractivity contribution is 5.94. The third kappa shape index (κ3) is 5.83. The first kappa shape index (κ1) is 24.8. The summed E-state index contributed by atoms with van der Waals surface area (Å²) in [6.07, 6.45) is -4.18. The van der Waals surface area contributed by atoms with Gasteiger partial charge in [0.25, 0.3) is 5.91 Å². The number of hydrogen-bond donors (Lipinski definition) is 1. The standard InChI is InChI=1S/C26H22F3N3O4/c1-34-20-13-18(14-21(15-20)35-2)23-31-25(36-32-23)22(12-16-6-4-3-5-7-16)30-24(33)17-8-10-19(11-9-17)26(27,28)29/h3-11,13-15,22H,12H2,1-2H3,(H,30,33). The third-order valence-electron chi connectivity index (χ3n) is 5.41. The van der Waals surface area contributed by atoms with Gasteiger partial charge in [0.05, 0.1) is 19.8 Å². The minimum atomic E-state index is -4.49. The summed E-state index contributed by atoms with van der Waals surface area (Å²) in [6, 6.07) is 17.7. The molecule has 0 aliphatic rings. The van der Waals surface area contributed by atoms with Crippen molar-refractivity contribution in [2.75, 3.05) is 14.2 Å². The number of methoxy groups -OCH3 is 2. The lowest BCUT2D eigenvalue weighted by atomic mass is 10.0. The van der Waals surface area contributed by atoms with Crippen LogP contribution in [0.3, 0.4) is 0 Å². The molecule has 1 atom stereocenters. The molecule has 0 bridgehead atoms. The second kappa shape index (κ2) is 10.5. The highest BCUT2D eigenvalue weighted by Gasteiger charge is 2.30. The summed E-state index contributed by atoms with van der Waals surface area (Å²) in [5.74, 6) is 0.881. The highest BCUT2D eigenvalue weighted by atomic mass is 19.4. The third-order valence-corrected chi connectivity index (χ3v) is 5.41. The van der Waals surface area contributed by atoms with Gasteiger partial charge < -0.3 is 19.3 Å². The molecule has 3 aromatic carbocycles. The predicted octanol–water partition coefficient (Wildman–Crippen LogP) is 5.49. The Morgan fingerprint density at radius 2 is 1.61 bits per heavy atom. The first-order valence-corrected chi connectivity index (χ1v) is 10.9. The number of hydrogen-bond acceptors (Lipinski definition) is 6. The van der Waals surface area contributed by atoms with Gasteiger partial charge in [0.2, 0.25) is 11.7 Å². The zero-order valence-electron chi connectivity index (χ0n) is 19.4. The molecule has 1 N–H and O–H groups in total. The molecule has 1 heterocycles. The summed E-state index contributed by atoms with van der Waals surface area (Å²) in [7, 11) is 3.04. The maximum Gasteiger partial charge on any atom is 0.416 e. The van der Waals surface area contributed by atoms with Crippen LogP contribution < -0.4 is 14.8 Å². The lowest BCUT2D eigenvalue weighted by Crippen LogP contribution is -2.30. The van der Waals surface area contributed by atoms with Gasteiger partial charge in [0, 0.05) is 23.6 Å². The Hall–Kier alpha value is -4.34. The van der Waals surface area contributed by atoms with Crippen LogP contribution in [0.4, 0.5) is 13.2 Å². The number of aromatic nitrogens is 2. The fourth-order valence-electron chi connectivity index (χ4n) is 3.53. The number of nitrogens with zero attached hydrogens (tertiary/aromatic N) is 2. The Morgan fingerprint density at radius 1 is 0.972 bits per heavy atom. The summed E-state index contributed by atoms with van der Waals surface area (Å²) >= 11 is 0. The second-order valence-electron chi connectivity index (χ2n) is 7.85. The van der Waals surface area contributed by atoms with E-state index in [4.69, 9.17) is 14.0 Å². The van der Waals surface area contributed by atoms with Crippen LogP contribution in [0.1, 0.15) is 33.4 Å². The van der Waals surface area contributed by atoms with E-state index >= 15 is 0 Å². The van der Waals surface area contributed by atoms with E-state index in [0.717, 1.165) is 29.8 Å². The fraction of sp³-hybridized carbons (Fsp3) is 0.192. The first-order chi connectivity index (χ1) is 17.3. The summed E-state index contributed by atoms with van der Waals surface area (Å²) in [5, 5.41) is 6.85. The number of amides is 1. The van der Waals surface area contributed by atoms with Crippen LogP contribution in [0.5, 0.6) is 11.5 Å². The molecule has 1 aromatic heterocycles. The number of ether oxygens (including phenoxy) is 2. The van der Waals surface area contributed by atoms with Gasteiger partial charge in [-0.1, -0.05) is 35.5 Å². The van der Waals surface area contributed by atoms with Gasteiger partial charge in [-0.05, 0) is 42.0 Å². The molecule has 7 nitrogen and oxygen atoms in total. The zero-order valence-corrected chi connectivity index (χ0v) is 19.4. The van der Waals surface area contributed by atoms with Crippen molar-refractivity contribution >= 4 is 5.91 Å². The molecule has 0 aliphatic carbocycles. The smallest absolute Gasteiger partial charge is 0.416 e. The molecule has 1 unspecified atom stereocenters. The largest absolute Gasteiger partial charge is 0.497 e. The maximum absolute atomic E-state index is 12.9. The summed E-state index contributed by atoms with van der Waals surface area (Å²) < 4.78 is 54.7. The molecule has 0 radical (unpaired) electrons. The van der Waals surface area contributed by atoms with Crippen LogP contribution >= 0.6 is 0 Å². The zero-order chi connectivity index (χ0) is 25.7. The van der Waals surface area contributed by atoms with Crippen molar-refractivity contribution in [3.05, 3.63) is 95.4 Å². The molecule has 36 heavy (non-hydrogen) atoms. The number of halogens is 3. The fourth-order valence-corrected chi connectivity index (χ4v) is 3.53. The molecule has 0 fully saturated rings. The van der Waals surface area contributed by atoms with E-state index < -0.39 is 23.7 Å². The van der Waals surface area contributed by atoms with Crippen molar-refractivity contribution in [2.24, 2.45) is 0 Å². The molecule has 0 spiro atoms. The van der Waals surface area contributed by atoms with Crippen molar-refractivity contribution in [2.45, 2.75) is 18.6 Å². The summed E-state index contributed by atoms with van der Waals surface area (Å²) in [6.45, 7) is 0. The van der Waals surface area contributed by atoms with Crippen LogP contribution in [0.25, 0.3) is 11.4 Å². The average Bonchev–Trinajstić information content (AvgIpc) is 3.38.